The Balaban J connectivity index is 0.000000367. The van der Waals surface area contributed by atoms with Gasteiger partial charge in [0.05, 0.1) is 5.56 Å². The summed E-state index contributed by atoms with van der Waals surface area (Å²) in [5.74, 6) is -0.952. The molecule has 1 rings (SSSR count). The molecule has 5 heteroatoms. The van der Waals surface area contributed by atoms with Crippen LogP contribution in [0.2, 0.25) is 0 Å². The maximum atomic E-state index is 10.3. The highest BCUT2D eigenvalue weighted by molar-refractivity contribution is 5.87. The van der Waals surface area contributed by atoms with Gasteiger partial charge in [-0.15, -0.1) is 0 Å². The van der Waals surface area contributed by atoms with Crippen LogP contribution in [0.15, 0.2) is 30.3 Å². The molecule has 0 aliphatic heterocycles. The summed E-state index contributed by atoms with van der Waals surface area (Å²) in [4.78, 5) is 20.5. The van der Waals surface area contributed by atoms with Gasteiger partial charge in [-0.1, -0.05) is 32.0 Å². The molecule has 0 unspecified atom stereocenters. The molecule has 4 N–H and O–H groups in total. The number of carboxylic acid groups (broad SMARTS) is 2. The summed E-state index contributed by atoms with van der Waals surface area (Å²) in [5, 5.41) is 16.9. The molecule has 0 saturated heterocycles. The molecule has 0 aliphatic carbocycles. The van der Waals surface area contributed by atoms with Crippen molar-refractivity contribution in [1.29, 1.82) is 0 Å². The SMILES string of the molecule is CC(C)C[C@H](CN)CC(=O)O.O=C(O)c1ccccc1. The molecule has 0 radical (unpaired) electrons. The zero-order valence-corrected chi connectivity index (χ0v) is 12.0. The van der Waals surface area contributed by atoms with Gasteiger partial charge in [-0.2, -0.15) is 0 Å². The summed E-state index contributed by atoms with van der Waals surface area (Å²) in [5.41, 5.74) is 5.74. The molecule has 1 atom stereocenters. The number of aliphatic carboxylic acids is 1. The molecule has 0 aliphatic rings. The normalized spacial score (nSPS) is 11.4. The molecule has 0 spiro atoms. The van der Waals surface area contributed by atoms with Gasteiger partial charge in [0.2, 0.25) is 0 Å². The Labute approximate surface area is 119 Å². The first-order valence-electron chi connectivity index (χ1n) is 6.57. The van der Waals surface area contributed by atoms with Crippen LogP contribution in [0, 0.1) is 11.8 Å². The lowest BCUT2D eigenvalue weighted by molar-refractivity contribution is -0.138. The highest BCUT2D eigenvalue weighted by atomic mass is 16.4. The van der Waals surface area contributed by atoms with Gasteiger partial charge in [0.1, 0.15) is 0 Å². The fourth-order valence-corrected chi connectivity index (χ4v) is 1.76. The molecule has 5 nitrogen and oxygen atoms in total. The third-order valence-corrected chi connectivity index (χ3v) is 2.62. The number of carboxylic acids is 2. The first kappa shape index (κ1) is 18.1. The molecule has 1 aromatic carbocycles. The van der Waals surface area contributed by atoms with Gasteiger partial charge in [0.15, 0.2) is 0 Å². The minimum absolute atomic E-state index is 0.146. The Hall–Kier alpha value is -1.88. The Morgan fingerprint density at radius 2 is 1.70 bits per heavy atom. The lowest BCUT2D eigenvalue weighted by atomic mass is 9.94. The van der Waals surface area contributed by atoms with Crippen LogP contribution in [0.25, 0.3) is 0 Å². The van der Waals surface area contributed by atoms with Crippen molar-refractivity contribution in [3.05, 3.63) is 35.9 Å². The van der Waals surface area contributed by atoms with E-state index in [0.29, 0.717) is 18.0 Å². The molecular formula is C15H23NO4. The van der Waals surface area contributed by atoms with Crippen molar-refractivity contribution in [3.8, 4) is 0 Å². The molecule has 0 saturated carbocycles. The summed E-state index contributed by atoms with van der Waals surface area (Å²) in [7, 11) is 0. The van der Waals surface area contributed by atoms with E-state index in [1.54, 1.807) is 30.3 Å². The molecule has 0 aromatic heterocycles. The molecule has 0 bridgehead atoms. The maximum Gasteiger partial charge on any atom is 0.335 e. The number of hydrogen-bond donors (Lipinski definition) is 3. The zero-order valence-electron chi connectivity index (χ0n) is 12.0. The van der Waals surface area contributed by atoms with Crippen molar-refractivity contribution < 1.29 is 19.8 Å². The highest BCUT2D eigenvalue weighted by Gasteiger charge is 2.12. The molecule has 112 valence electrons. The van der Waals surface area contributed by atoms with E-state index in [2.05, 4.69) is 13.8 Å². The van der Waals surface area contributed by atoms with E-state index in [-0.39, 0.29) is 12.3 Å². The van der Waals surface area contributed by atoms with E-state index in [4.69, 9.17) is 15.9 Å². The second kappa shape index (κ2) is 9.97. The molecule has 0 amide bonds. The average molecular weight is 281 g/mol. The predicted molar refractivity (Wildman–Crippen MR) is 77.7 cm³/mol. The quantitative estimate of drug-likeness (QED) is 0.743. The summed E-state index contributed by atoms with van der Waals surface area (Å²) in [6, 6.07) is 8.30. The number of carbonyl (C=O) groups is 2. The van der Waals surface area contributed by atoms with E-state index in [1.807, 2.05) is 0 Å². The lowest BCUT2D eigenvalue weighted by Gasteiger charge is -2.13. The molecule has 1 aromatic rings. The van der Waals surface area contributed by atoms with Gasteiger partial charge >= 0.3 is 11.9 Å². The summed E-state index contributed by atoms with van der Waals surface area (Å²) >= 11 is 0. The highest BCUT2D eigenvalue weighted by Crippen LogP contribution is 2.13. The Morgan fingerprint density at radius 1 is 1.15 bits per heavy atom. The lowest BCUT2D eigenvalue weighted by Crippen LogP contribution is -2.19. The topological polar surface area (TPSA) is 101 Å². The third kappa shape index (κ3) is 9.10. The van der Waals surface area contributed by atoms with Crippen LogP contribution in [0.5, 0.6) is 0 Å². The van der Waals surface area contributed by atoms with Gasteiger partial charge in [-0.3, -0.25) is 4.79 Å². The van der Waals surface area contributed by atoms with Crippen LogP contribution in [-0.2, 0) is 4.79 Å². The van der Waals surface area contributed by atoms with Gasteiger partial charge in [-0.05, 0) is 36.9 Å². The van der Waals surface area contributed by atoms with Crippen molar-refractivity contribution >= 4 is 11.9 Å². The van der Waals surface area contributed by atoms with E-state index in [9.17, 15) is 9.59 Å². The van der Waals surface area contributed by atoms with Crippen LogP contribution < -0.4 is 5.73 Å². The second-order valence-corrected chi connectivity index (χ2v) is 5.00. The van der Waals surface area contributed by atoms with E-state index < -0.39 is 11.9 Å². The van der Waals surface area contributed by atoms with E-state index in [0.717, 1.165) is 6.42 Å². The van der Waals surface area contributed by atoms with Crippen molar-refractivity contribution in [2.45, 2.75) is 26.7 Å². The van der Waals surface area contributed by atoms with Gasteiger partial charge in [0.25, 0.3) is 0 Å². The minimum atomic E-state index is -0.879. The van der Waals surface area contributed by atoms with Crippen LogP contribution in [0.3, 0.4) is 0 Å². The van der Waals surface area contributed by atoms with E-state index in [1.165, 1.54) is 0 Å². The van der Waals surface area contributed by atoms with Crippen LogP contribution in [-0.4, -0.2) is 28.7 Å². The monoisotopic (exact) mass is 281 g/mol. The summed E-state index contributed by atoms with van der Waals surface area (Å²) in [6.07, 6.45) is 1.11. The number of hydrogen-bond acceptors (Lipinski definition) is 3. The predicted octanol–water partition coefficient (Wildman–Crippen LogP) is 2.47. The molecule has 20 heavy (non-hydrogen) atoms. The van der Waals surface area contributed by atoms with Crippen LogP contribution in [0.4, 0.5) is 0 Å². The van der Waals surface area contributed by atoms with Gasteiger partial charge in [-0.25, -0.2) is 4.79 Å². The average Bonchev–Trinajstić information content (AvgIpc) is 2.38. The van der Waals surface area contributed by atoms with Gasteiger partial charge in [0, 0.05) is 6.42 Å². The summed E-state index contributed by atoms with van der Waals surface area (Å²) in [6.45, 7) is 4.62. The van der Waals surface area contributed by atoms with E-state index >= 15 is 0 Å². The Bertz CT molecular complexity index is 404. The fraction of sp³-hybridized carbons (Fsp3) is 0.467. The standard InChI is InChI=1S/C8H17NO2.C7H6O2/c1-6(2)3-7(5-9)4-8(10)11;8-7(9)6-4-2-1-3-5-6/h6-7H,3-5,9H2,1-2H3,(H,10,11);1-5H,(H,8,9)/t7-;/m0./s1. The Kier molecular flexibility index (Phi) is 9.04. The number of benzene rings is 1. The van der Waals surface area contributed by atoms with Crippen molar-refractivity contribution in [2.24, 2.45) is 17.6 Å². The maximum absolute atomic E-state index is 10.3. The van der Waals surface area contributed by atoms with Gasteiger partial charge < -0.3 is 15.9 Å². The smallest absolute Gasteiger partial charge is 0.335 e. The summed E-state index contributed by atoms with van der Waals surface area (Å²) < 4.78 is 0. The first-order chi connectivity index (χ1) is 9.36. The molecule has 0 heterocycles. The number of rotatable bonds is 6. The van der Waals surface area contributed by atoms with Crippen molar-refractivity contribution in [2.75, 3.05) is 6.54 Å². The second-order valence-electron chi connectivity index (χ2n) is 5.00. The zero-order chi connectivity index (χ0) is 15.5. The van der Waals surface area contributed by atoms with Crippen LogP contribution >= 0.6 is 0 Å². The third-order valence-electron chi connectivity index (χ3n) is 2.62. The number of aromatic carboxylic acids is 1. The molecule has 0 fully saturated rings. The first-order valence-corrected chi connectivity index (χ1v) is 6.57. The number of nitrogens with two attached hydrogens (primary N) is 1. The van der Waals surface area contributed by atoms with Crippen molar-refractivity contribution in [1.82, 2.24) is 0 Å². The molecular weight excluding hydrogens is 258 g/mol. The van der Waals surface area contributed by atoms with Crippen molar-refractivity contribution in [3.63, 3.8) is 0 Å². The Morgan fingerprint density at radius 3 is 2.00 bits per heavy atom. The van der Waals surface area contributed by atoms with Crippen LogP contribution in [0.1, 0.15) is 37.0 Å². The minimum Gasteiger partial charge on any atom is -0.481 e. The largest absolute Gasteiger partial charge is 0.481 e. The fourth-order valence-electron chi connectivity index (χ4n) is 1.76.